The van der Waals surface area contributed by atoms with Crippen molar-refractivity contribution in [1.29, 1.82) is 0 Å². The third kappa shape index (κ3) is 4.19. The van der Waals surface area contributed by atoms with Crippen LogP contribution in [0.3, 0.4) is 0 Å². The van der Waals surface area contributed by atoms with Gasteiger partial charge in [0.25, 0.3) is 0 Å². The summed E-state index contributed by atoms with van der Waals surface area (Å²) in [4.78, 5) is 21.8. The molecule has 1 N–H and O–H groups in total. The highest BCUT2D eigenvalue weighted by Gasteiger charge is 2.13. The van der Waals surface area contributed by atoms with Crippen LogP contribution in [0.15, 0.2) is 30.5 Å². The van der Waals surface area contributed by atoms with E-state index in [0.717, 1.165) is 5.56 Å². The average Bonchev–Trinajstić information content (AvgIpc) is 3.01. The monoisotopic (exact) mass is 320 g/mol. The highest BCUT2D eigenvalue weighted by atomic mass is 16.6. The number of carbonyl (C=O) groups is 1. The Kier molecular flexibility index (Phi) is 5.13. The third-order valence-corrected chi connectivity index (χ3v) is 3.06. The van der Waals surface area contributed by atoms with Crippen LogP contribution in [-0.2, 0) is 17.9 Å². The van der Waals surface area contributed by atoms with Gasteiger partial charge < -0.3 is 24.9 Å². The lowest BCUT2D eigenvalue weighted by molar-refractivity contribution is -0.389. The molecule has 122 valence electrons. The zero-order chi connectivity index (χ0) is 16.8. The summed E-state index contributed by atoms with van der Waals surface area (Å²) in [5.41, 5.74) is 0.836. The molecule has 9 heteroatoms. The molecular formula is C14H16N4O5. The van der Waals surface area contributed by atoms with Crippen molar-refractivity contribution in [3.63, 3.8) is 0 Å². The van der Waals surface area contributed by atoms with Crippen LogP contribution in [-0.4, -0.2) is 34.8 Å². The van der Waals surface area contributed by atoms with Crippen LogP contribution in [0.4, 0.5) is 5.82 Å². The van der Waals surface area contributed by atoms with Gasteiger partial charge in [-0.3, -0.25) is 4.79 Å². The Morgan fingerprint density at radius 2 is 2.04 bits per heavy atom. The van der Waals surface area contributed by atoms with Crippen LogP contribution < -0.4 is 14.8 Å². The molecule has 0 unspecified atom stereocenters. The van der Waals surface area contributed by atoms with Gasteiger partial charge in [0.2, 0.25) is 5.91 Å². The van der Waals surface area contributed by atoms with E-state index < -0.39 is 4.92 Å². The first-order chi connectivity index (χ1) is 11.0. The molecular weight excluding hydrogens is 304 g/mol. The van der Waals surface area contributed by atoms with Gasteiger partial charge >= 0.3 is 5.82 Å². The van der Waals surface area contributed by atoms with Gasteiger partial charge in [0.1, 0.15) is 6.54 Å². The largest absolute Gasteiger partial charge is 0.493 e. The Balaban J connectivity index is 1.92. The summed E-state index contributed by atoms with van der Waals surface area (Å²) >= 11 is 0. The van der Waals surface area contributed by atoms with Gasteiger partial charge in [-0.25, -0.2) is 0 Å². The molecule has 0 aliphatic carbocycles. The van der Waals surface area contributed by atoms with Crippen LogP contribution in [0.2, 0.25) is 0 Å². The fourth-order valence-corrected chi connectivity index (χ4v) is 1.93. The van der Waals surface area contributed by atoms with E-state index in [4.69, 9.17) is 9.47 Å². The van der Waals surface area contributed by atoms with Crippen molar-refractivity contribution in [2.75, 3.05) is 14.2 Å². The normalized spacial score (nSPS) is 10.2. The summed E-state index contributed by atoms with van der Waals surface area (Å²) < 4.78 is 11.5. The number of aromatic nitrogens is 2. The lowest BCUT2D eigenvalue weighted by Crippen LogP contribution is -2.27. The second kappa shape index (κ2) is 7.25. The number of ether oxygens (including phenoxy) is 2. The van der Waals surface area contributed by atoms with Crippen molar-refractivity contribution >= 4 is 11.7 Å². The second-order valence-corrected chi connectivity index (χ2v) is 4.59. The third-order valence-electron chi connectivity index (χ3n) is 3.06. The summed E-state index contributed by atoms with van der Waals surface area (Å²) in [5.74, 6) is 0.573. The van der Waals surface area contributed by atoms with Gasteiger partial charge in [-0.15, -0.1) is 0 Å². The molecule has 23 heavy (non-hydrogen) atoms. The van der Waals surface area contributed by atoms with E-state index in [1.165, 1.54) is 24.1 Å². The number of amides is 1. The molecule has 0 atom stereocenters. The molecule has 0 aliphatic heterocycles. The van der Waals surface area contributed by atoms with Crippen molar-refractivity contribution < 1.29 is 19.2 Å². The lowest BCUT2D eigenvalue weighted by atomic mass is 10.2. The minimum atomic E-state index is -0.613. The number of methoxy groups -OCH3 is 2. The Labute approximate surface area is 132 Å². The maximum atomic E-state index is 11.8. The number of hydrogen-bond acceptors (Lipinski definition) is 6. The molecule has 0 fully saturated rings. The van der Waals surface area contributed by atoms with Gasteiger partial charge in [0, 0.05) is 6.54 Å². The standard InChI is InChI=1S/C14H16N4O5/c1-22-11-4-3-10(7-12(11)23-2)8-15-14(19)9-17-6-5-13(16-17)18(20)21/h3-7H,8-9H2,1-2H3,(H,15,19). The number of benzene rings is 1. The summed E-state index contributed by atoms with van der Waals surface area (Å²) in [6, 6.07) is 6.55. The van der Waals surface area contributed by atoms with Crippen LogP contribution in [0.1, 0.15) is 5.56 Å². The maximum absolute atomic E-state index is 11.8. The Morgan fingerprint density at radius 1 is 1.30 bits per heavy atom. The highest BCUT2D eigenvalue weighted by molar-refractivity contribution is 5.75. The Hall–Kier alpha value is -3.10. The Bertz CT molecular complexity index is 713. The molecule has 1 heterocycles. The van der Waals surface area contributed by atoms with Gasteiger partial charge in [-0.1, -0.05) is 6.07 Å². The summed E-state index contributed by atoms with van der Waals surface area (Å²) in [6.45, 7) is 0.198. The number of nitrogens with zero attached hydrogens (tertiary/aromatic N) is 3. The van der Waals surface area contributed by atoms with E-state index in [2.05, 4.69) is 10.4 Å². The van der Waals surface area contributed by atoms with Crippen molar-refractivity contribution in [2.45, 2.75) is 13.1 Å². The molecule has 0 bridgehead atoms. The van der Waals surface area contributed by atoms with E-state index in [-0.39, 0.29) is 18.3 Å². The summed E-state index contributed by atoms with van der Waals surface area (Å²) in [5, 5.41) is 16.9. The molecule has 1 amide bonds. The van der Waals surface area contributed by atoms with Crippen molar-refractivity contribution in [3.05, 3.63) is 46.1 Å². The zero-order valence-electron chi connectivity index (χ0n) is 12.7. The van der Waals surface area contributed by atoms with Gasteiger partial charge in [0.05, 0.1) is 31.6 Å². The molecule has 0 saturated carbocycles. The quantitative estimate of drug-likeness (QED) is 0.605. The van der Waals surface area contributed by atoms with E-state index >= 15 is 0 Å². The van der Waals surface area contributed by atoms with Gasteiger partial charge in [-0.05, 0) is 22.6 Å². The summed E-state index contributed by atoms with van der Waals surface area (Å²) in [7, 11) is 3.08. The van der Waals surface area contributed by atoms with E-state index in [0.29, 0.717) is 18.0 Å². The van der Waals surface area contributed by atoms with Crippen molar-refractivity contribution in [1.82, 2.24) is 15.1 Å². The molecule has 2 rings (SSSR count). The second-order valence-electron chi connectivity index (χ2n) is 4.59. The van der Waals surface area contributed by atoms with Crippen molar-refractivity contribution in [2.24, 2.45) is 0 Å². The van der Waals surface area contributed by atoms with E-state index in [9.17, 15) is 14.9 Å². The zero-order valence-corrected chi connectivity index (χ0v) is 12.7. The number of nitro groups is 1. The van der Waals surface area contributed by atoms with E-state index in [1.807, 2.05) is 0 Å². The van der Waals surface area contributed by atoms with Crippen molar-refractivity contribution in [3.8, 4) is 11.5 Å². The van der Waals surface area contributed by atoms with E-state index in [1.54, 1.807) is 25.3 Å². The first-order valence-corrected chi connectivity index (χ1v) is 6.69. The van der Waals surface area contributed by atoms with Crippen LogP contribution in [0.5, 0.6) is 11.5 Å². The number of rotatable bonds is 7. The SMILES string of the molecule is COc1ccc(CNC(=O)Cn2ccc([N+](=O)[O-])n2)cc1OC. The fraction of sp³-hybridized carbons (Fsp3) is 0.286. The fourth-order valence-electron chi connectivity index (χ4n) is 1.93. The highest BCUT2D eigenvalue weighted by Crippen LogP contribution is 2.27. The van der Waals surface area contributed by atoms with Gasteiger partial charge in [0.15, 0.2) is 11.5 Å². The molecule has 0 saturated heterocycles. The van der Waals surface area contributed by atoms with Crippen LogP contribution in [0.25, 0.3) is 0 Å². The molecule has 0 aliphatic rings. The molecule has 1 aromatic carbocycles. The maximum Gasteiger partial charge on any atom is 0.389 e. The topological polar surface area (TPSA) is 109 Å². The molecule has 1 aromatic heterocycles. The minimum absolute atomic E-state index is 0.0961. The predicted molar refractivity (Wildman–Crippen MR) is 80.3 cm³/mol. The first-order valence-electron chi connectivity index (χ1n) is 6.69. The van der Waals surface area contributed by atoms with Crippen LogP contribution >= 0.6 is 0 Å². The van der Waals surface area contributed by atoms with Gasteiger partial charge in [-0.2, -0.15) is 4.68 Å². The average molecular weight is 320 g/mol. The number of hydrogen-bond donors (Lipinski definition) is 1. The Morgan fingerprint density at radius 3 is 2.65 bits per heavy atom. The first kappa shape index (κ1) is 16.3. The molecule has 2 aromatic rings. The van der Waals surface area contributed by atoms with Crippen LogP contribution in [0, 0.1) is 10.1 Å². The molecule has 0 radical (unpaired) electrons. The predicted octanol–water partition coefficient (Wildman–Crippen LogP) is 1.12. The molecule has 0 spiro atoms. The lowest BCUT2D eigenvalue weighted by Gasteiger charge is -2.10. The summed E-state index contributed by atoms with van der Waals surface area (Å²) in [6.07, 6.45) is 1.38. The minimum Gasteiger partial charge on any atom is -0.493 e. The number of nitrogens with one attached hydrogen (secondary N) is 1. The number of carbonyl (C=O) groups excluding carboxylic acids is 1. The smallest absolute Gasteiger partial charge is 0.389 e. The molecule has 9 nitrogen and oxygen atoms in total.